The number of hydrogen-bond acceptors (Lipinski definition) is 5. The minimum atomic E-state index is 0.742. The van der Waals surface area contributed by atoms with Crippen molar-refractivity contribution in [2.45, 2.75) is 0 Å². The van der Waals surface area contributed by atoms with Crippen molar-refractivity contribution in [3.8, 4) is 11.3 Å². The zero-order chi connectivity index (χ0) is 14.1. The number of morpholine rings is 1. The number of ether oxygens (including phenoxy) is 1. The summed E-state index contributed by atoms with van der Waals surface area (Å²) >= 11 is 0. The van der Waals surface area contributed by atoms with Crippen molar-refractivity contribution in [1.29, 1.82) is 0 Å². The monoisotopic (exact) mass is 281 g/mol. The maximum absolute atomic E-state index is 5.44. The number of furan rings is 1. The fourth-order valence-electron chi connectivity index (χ4n) is 2.54. The summed E-state index contributed by atoms with van der Waals surface area (Å²) in [6.07, 6.45) is 3.51. The third kappa shape index (κ3) is 2.36. The molecule has 0 atom stereocenters. The molecule has 0 N–H and O–H groups in total. The van der Waals surface area contributed by atoms with Gasteiger partial charge >= 0.3 is 0 Å². The molecule has 1 saturated heterocycles. The summed E-state index contributed by atoms with van der Waals surface area (Å²) in [4.78, 5) is 11.4. The second kappa shape index (κ2) is 5.18. The van der Waals surface area contributed by atoms with Crippen LogP contribution in [0.4, 0.5) is 5.82 Å². The number of aromatic nitrogens is 2. The fourth-order valence-corrected chi connectivity index (χ4v) is 2.54. The van der Waals surface area contributed by atoms with Gasteiger partial charge in [0.25, 0.3) is 0 Å². The van der Waals surface area contributed by atoms with Gasteiger partial charge in [-0.05, 0) is 30.3 Å². The molecule has 0 radical (unpaired) electrons. The normalized spacial score (nSPS) is 15.5. The zero-order valence-electron chi connectivity index (χ0n) is 11.5. The van der Waals surface area contributed by atoms with Crippen LogP contribution in [-0.4, -0.2) is 36.3 Å². The Morgan fingerprint density at radius 2 is 1.95 bits per heavy atom. The van der Waals surface area contributed by atoms with E-state index in [1.165, 1.54) is 0 Å². The van der Waals surface area contributed by atoms with E-state index in [1.807, 2.05) is 36.5 Å². The van der Waals surface area contributed by atoms with Gasteiger partial charge in [0.2, 0.25) is 0 Å². The first-order valence-electron chi connectivity index (χ1n) is 7.03. The third-order valence-corrected chi connectivity index (χ3v) is 3.67. The lowest BCUT2D eigenvalue weighted by molar-refractivity contribution is 0.122. The molecule has 0 spiro atoms. The van der Waals surface area contributed by atoms with Crippen LogP contribution in [0.1, 0.15) is 0 Å². The van der Waals surface area contributed by atoms with Gasteiger partial charge in [0.15, 0.2) is 0 Å². The van der Waals surface area contributed by atoms with Gasteiger partial charge < -0.3 is 14.1 Å². The van der Waals surface area contributed by atoms with Gasteiger partial charge in [-0.3, -0.25) is 4.98 Å². The maximum Gasteiger partial charge on any atom is 0.148 e. The van der Waals surface area contributed by atoms with Gasteiger partial charge in [-0.2, -0.15) is 0 Å². The molecule has 2 aromatic heterocycles. The van der Waals surface area contributed by atoms with Gasteiger partial charge in [0.05, 0.1) is 36.7 Å². The molecular weight excluding hydrogens is 266 g/mol. The Bertz CT molecular complexity index is 749. The van der Waals surface area contributed by atoms with Crippen molar-refractivity contribution in [1.82, 2.24) is 9.97 Å². The van der Waals surface area contributed by atoms with Gasteiger partial charge in [-0.25, -0.2) is 4.98 Å². The van der Waals surface area contributed by atoms with Crippen molar-refractivity contribution in [3.05, 3.63) is 42.8 Å². The lowest BCUT2D eigenvalue weighted by Crippen LogP contribution is -2.36. The quantitative estimate of drug-likeness (QED) is 0.723. The summed E-state index contributed by atoms with van der Waals surface area (Å²) in [6, 6.07) is 9.83. The Hall–Kier alpha value is -2.40. The van der Waals surface area contributed by atoms with Crippen LogP contribution in [0.25, 0.3) is 22.4 Å². The highest BCUT2D eigenvalue weighted by molar-refractivity contribution is 5.81. The van der Waals surface area contributed by atoms with Gasteiger partial charge in [-0.15, -0.1) is 0 Å². The molecule has 0 aliphatic carbocycles. The first-order chi connectivity index (χ1) is 10.4. The fraction of sp³-hybridized carbons (Fsp3) is 0.250. The molecule has 1 aromatic carbocycles. The van der Waals surface area contributed by atoms with Gasteiger partial charge in [0, 0.05) is 18.7 Å². The molecule has 1 aliphatic heterocycles. The summed E-state index contributed by atoms with van der Waals surface area (Å²) in [7, 11) is 0. The number of rotatable bonds is 2. The van der Waals surface area contributed by atoms with Crippen molar-refractivity contribution >= 4 is 16.9 Å². The van der Waals surface area contributed by atoms with E-state index in [0.29, 0.717) is 0 Å². The SMILES string of the molecule is c1coc(-c2ccc3ncc(N4CCOCC4)nc3c2)c1. The van der Waals surface area contributed by atoms with Crippen LogP contribution in [0.5, 0.6) is 0 Å². The maximum atomic E-state index is 5.44. The molecule has 5 nitrogen and oxygen atoms in total. The van der Waals surface area contributed by atoms with Crippen molar-refractivity contribution in [2.75, 3.05) is 31.2 Å². The predicted octanol–water partition coefficient (Wildman–Crippen LogP) is 2.73. The van der Waals surface area contributed by atoms with Gasteiger partial charge in [-0.1, -0.05) is 0 Å². The molecule has 3 aromatic rings. The van der Waals surface area contributed by atoms with Crippen LogP contribution in [-0.2, 0) is 4.74 Å². The highest BCUT2D eigenvalue weighted by Crippen LogP contribution is 2.24. The largest absolute Gasteiger partial charge is 0.464 e. The Labute approximate surface area is 122 Å². The van der Waals surface area contributed by atoms with E-state index in [2.05, 4.69) is 9.88 Å². The number of fused-ring (bicyclic) bond motifs is 1. The van der Waals surface area contributed by atoms with Gasteiger partial charge in [0.1, 0.15) is 11.6 Å². The smallest absolute Gasteiger partial charge is 0.148 e. The highest BCUT2D eigenvalue weighted by Gasteiger charge is 2.13. The highest BCUT2D eigenvalue weighted by atomic mass is 16.5. The molecule has 0 saturated carbocycles. The van der Waals surface area contributed by atoms with Crippen LogP contribution < -0.4 is 4.90 Å². The Morgan fingerprint density at radius 3 is 2.76 bits per heavy atom. The summed E-state index contributed by atoms with van der Waals surface area (Å²) in [5.41, 5.74) is 2.79. The second-order valence-corrected chi connectivity index (χ2v) is 5.01. The molecule has 5 heteroatoms. The average molecular weight is 281 g/mol. The summed E-state index contributed by atoms with van der Waals surface area (Å²) in [5, 5.41) is 0. The molecular formula is C16H15N3O2. The number of benzene rings is 1. The number of nitrogens with zero attached hydrogens (tertiary/aromatic N) is 3. The molecule has 106 valence electrons. The number of anilines is 1. The Morgan fingerprint density at radius 1 is 1.05 bits per heavy atom. The van der Waals surface area contributed by atoms with E-state index in [4.69, 9.17) is 14.1 Å². The van der Waals surface area contributed by atoms with Crippen molar-refractivity contribution in [3.63, 3.8) is 0 Å². The van der Waals surface area contributed by atoms with E-state index < -0.39 is 0 Å². The van der Waals surface area contributed by atoms with Crippen LogP contribution >= 0.6 is 0 Å². The van der Waals surface area contributed by atoms with Crippen LogP contribution in [0.3, 0.4) is 0 Å². The summed E-state index contributed by atoms with van der Waals surface area (Å²) < 4.78 is 10.8. The summed E-state index contributed by atoms with van der Waals surface area (Å²) in [5.74, 6) is 1.75. The molecule has 3 heterocycles. The Balaban J connectivity index is 1.74. The van der Waals surface area contributed by atoms with E-state index in [1.54, 1.807) is 6.26 Å². The van der Waals surface area contributed by atoms with Crippen molar-refractivity contribution < 1.29 is 9.15 Å². The zero-order valence-corrected chi connectivity index (χ0v) is 11.5. The van der Waals surface area contributed by atoms with Crippen LogP contribution in [0.2, 0.25) is 0 Å². The third-order valence-electron chi connectivity index (χ3n) is 3.67. The summed E-state index contributed by atoms with van der Waals surface area (Å²) in [6.45, 7) is 3.20. The van der Waals surface area contributed by atoms with E-state index in [0.717, 1.165) is 54.5 Å². The predicted molar refractivity (Wildman–Crippen MR) is 80.3 cm³/mol. The van der Waals surface area contributed by atoms with E-state index in [-0.39, 0.29) is 0 Å². The second-order valence-electron chi connectivity index (χ2n) is 5.01. The standard InChI is InChI=1S/C16H15N3O2/c1-2-15(21-7-1)12-3-4-13-14(10-12)18-16(11-17-13)19-5-8-20-9-6-19/h1-4,7,10-11H,5-6,8-9H2. The van der Waals surface area contributed by atoms with Crippen LogP contribution in [0.15, 0.2) is 47.2 Å². The molecule has 0 amide bonds. The lowest BCUT2D eigenvalue weighted by atomic mass is 10.1. The molecule has 0 bridgehead atoms. The average Bonchev–Trinajstić information content (AvgIpc) is 3.09. The number of hydrogen-bond donors (Lipinski definition) is 0. The first-order valence-corrected chi connectivity index (χ1v) is 7.03. The lowest BCUT2D eigenvalue weighted by Gasteiger charge is -2.27. The molecule has 4 rings (SSSR count). The molecule has 1 fully saturated rings. The minimum absolute atomic E-state index is 0.742. The topological polar surface area (TPSA) is 51.4 Å². The van der Waals surface area contributed by atoms with Crippen LogP contribution in [0, 0.1) is 0 Å². The van der Waals surface area contributed by atoms with E-state index in [9.17, 15) is 0 Å². The molecule has 21 heavy (non-hydrogen) atoms. The molecule has 1 aliphatic rings. The Kier molecular flexibility index (Phi) is 3.05. The molecule has 0 unspecified atom stereocenters. The van der Waals surface area contributed by atoms with Crippen molar-refractivity contribution in [2.24, 2.45) is 0 Å². The minimum Gasteiger partial charge on any atom is -0.464 e. The first kappa shape index (κ1) is 12.3. The van der Waals surface area contributed by atoms with E-state index >= 15 is 0 Å².